The lowest BCUT2D eigenvalue weighted by molar-refractivity contribution is 0.139. The summed E-state index contributed by atoms with van der Waals surface area (Å²) in [7, 11) is 0. The second-order valence-electron chi connectivity index (χ2n) is 4.48. The predicted molar refractivity (Wildman–Crippen MR) is 74.4 cm³/mol. The summed E-state index contributed by atoms with van der Waals surface area (Å²) in [6.07, 6.45) is 0.613. The maximum Gasteiger partial charge on any atom is 0.119 e. The van der Waals surface area contributed by atoms with Gasteiger partial charge < -0.3 is 14.9 Å². The largest absolute Gasteiger partial charge is 0.508 e. The molecule has 19 heavy (non-hydrogen) atoms. The van der Waals surface area contributed by atoms with Crippen molar-refractivity contribution in [3.05, 3.63) is 60.2 Å². The van der Waals surface area contributed by atoms with E-state index in [9.17, 15) is 10.2 Å². The van der Waals surface area contributed by atoms with Gasteiger partial charge in [0.05, 0.1) is 12.7 Å². The van der Waals surface area contributed by atoms with Crippen LogP contribution in [0.4, 0.5) is 0 Å². The Bertz CT molecular complexity index is 496. The van der Waals surface area contributed by atoms with Crippen LogP contribution in [-0.2, 0) is 6.42 Å². The number of rotatable bonds is 6. The number of aliphatic hydroxyl groups is 1. The third-order valence-corrected chi connectivity index (χ3v) is 2.84. The molecule has 1 atom stereocenters. The molecule has 2 rings (SSSR count). The van der Waals surface area contributed by atoms with Gasteiger partial charge in [-0.2, -0.15) is 0 Å². The number of para-hydroxylation sites is 1. The molecule has 0 radical (unpaired) electrons. The zero-order valence-electron chi connectivity index (χ0n) is 10.7. The molecule has 0 aliphatic heterocycles. The Labute approximate surface area is 113 Å². The number of aliphatic hydroxyl groups excluding tert-OH is 1. The number of hydrogen-bond donors (Lipinski definition) is 2. The minimum absolute atomic E-state index is 0.227. The van der Waals surface area contributed by atoms with Crippen LogP contribution in [0, 0.1) is 0 Å². The Morgan fingerprint density at radius 3 is 2.53 bits per heavy atom. The van der Waals surface area contributed by atoms with Crippen LogP contribution in [-0.4, -0.2) is 22.9 Å². The number of phenols is 1. The van der Waals surface area contributed by atoms with E-state index in [1.165, 1.54) is 0 Å². The maximum atomic E-state index is 9.91. The molecule has 0 fully saturated rings. The number of hydrogen-bond acceptors (Lipinski definition) is 3. The lowest BCUT2D eigenvalue weighted by atomic mass is 10.1. The lowest BCUT2D eigenvalue weighted by Gasteiger charge is -2.12. The first kappa shape index (κ1) is 13.4. The van der Waals surface area contributed by atoms with Crippen molar-refractivity contribution in [1.82, 2.24) is 0 Å². The van der Waals surface area contributed by atoms with E-state index in [0.29, 0.717) is 19.4 Å². The molecule has 0 amide bonds. The van der Waals surface area contributed by atoms with Crippen molar-refractivity contribution < 1.29 is 14.9 Å². The van der Waals surface area contributed by atoms with Crippen molar-refractivity contribution in [3.8, 4) is 11.5 Å². The van der Waals surface area contributed by atoms with Gasteiger partial charge in [0.25, 0.3) is 0 Å². The highest BCUT2D eigenvalue weighted by molar-refractivity contribution is 5.27. The van der Waals surface area contributed by atoms with Gasteiger partial charge in [-0.3, -0.25) is 0 Å². The van der Waals surface area contributed by atoms with Crippen molar-refractivity contribution >= 4 is 0 Å². The summed E-state index contributed by atoms with van der Waals surface area (Å²) in [5.41, 5.74) is 0.923. The number of aromatic hydroxyl groups is 1. The van der Waals surface area contributed by atoms with E-state index in [4.69, 9.17) is 4.74 Å². The van der Waals surface area contributed by atoms with Crippen LogP contribution in [0.3, 0.4) is 0 Å². The molecule has 1 unspecified atom stereocenters. The summed E-state index contributed by atoms with van der Waals surface area (Å²) >= 11 is 0. The zero-order valence-corrected chi connectivity index (χ0v) is 10.7. The lowest BCUT2D eigenvalue weighted by Crippen LogP contribution is -2.14. The van der Waals surface area contributed by atoms with Gasteiger partial charge in [-0.15, -0.1) is 0 Å². The van der Waals surface area contributed by atoms with E-state index < -0.39 is 6.10 Å². The van der Waals surface area contributed by atoms with Crippen LogP contribution in [0.25, 0.3) is 0 Å². The quantitative estimate of drug-likeness (QED) is 0.837. The average molecular weight is 258 g/mol. The Balaban J connectivity index is 1.74. The van der Waals surface area contributed by atoms with Crippen LogP contribution >= 0.6 is 0 Å². The first-order valence-corrected chi connectivity index (χ1v) is 6.38. The van der Waals surface area contributed by atoms with Gasteiger partial charge in [-0.25, -0.2) is 0 Å². The first-order chi connectivity index (χ1) is 9.24. The Hall–Kier alpha value is -2.00. The molecular weight excluding hydrogens is 240 g/mol. The molecule has 3 nitrogen and oxygen atoms in total. The second-order valence-corrected chi connectivity index (χ2v) is 4.48. The first-order valence-electron chi connectivity index (χ1n) is 6.38. The summed E-state index contributed by atoms with van der Waals surface area (Å²) in [5.74, 6) is 1.04. The van der Waals surface area contributed by atoms with E-state index in [-0.39, 0.29) is 5.75 Å². The molecule has 0 spiro atoms. The summed E-state index contributed by atoms with van der Waals surface area (Å²) in [5, 5.41) is 19.3. The monoisotopic (exact) mass is 258 g/mol. The smallest absolute Gasteiger partial charge is 0.119 e. The van der Waals surface area contributed by atoms with E-state index in [1.54, 1.807) is 18.2 Å². The van der Waals surface area contributed by atoms with Crippen molar-refractivity contribution in [2.24, 2.45) is 0 Å². The van der Waals surface area contributed by atoms with Gasteiger partial charge in [0.15, 0.2) is 0 Å². The van der Waals surface area contributed by atoms with Crippen molar-refractivity contribution in [3.63, 3.8) is 0 Å². The molecule has 2 N–H and O–H groups in total. The summed E-state index contributed by atoms with van der Waals surface area (Å²) < 4.78 is 5.53. The summed E-state index contributed by atoms with van der Waals surface area (Å²) in [6, 6.07) is 16.5. The standard InChI is InChI=1S/C16H18O3/c17-14-6-4-5-13(11-14)12-15(18)9-10-19-16-7-2-1-3-8-16/h1-8,11,15,17-18H,9-10,12H2. The third-order valence-electron chi connectivity index (χ3n) is 2.84. The van der Waals surface area contributed by atoms with Crippen LogP contribution in [0.2, 0.25) is 0 Å². The number of ether oxygens (including phenoxy) is 1. The van der Waals surface area contributed by atoms with Crippen molar-refractivity contribution in [2.75, 3.05) is 6.61 Å². The van der Waals surface area contributed by atoms with E-state index in [0.717, 1.165) is 11.3 Å². The Kier molecular flexibility index (Phi) is 4.81. The Morgan fingerprint density at radius 1 is 1.00 bits per heavy atom. The molecule has 0 aliphatic rings. The normalized spacial score (nSPS) is 12.1. The van der Waals surface area contributed by atoms with Gasteiger partial charge in [0.2, 0.25) is 0 Å². The van der Waals surface area contributed by atoms with Gasteiger partial charge in [-0.1, -0.05) is 30.3 Å². The van der Waals surface area contributed by atoms with E-state index >= 15 is 0 Å². The fourth-order valence-corrected chi connectivity index (χ4v) is 1.89. The van der Waals surface area contributed by atoms with Crippen LogP contribution in [0.5, 0.6) is 11.5 Å². The van der Waals surface area contributed by atoms with E-state index in [2.05, 4.69) is 0 Å². The molecule has 100 valence electrons. The number of benzene rings is 2. The fourth-order valence-electron chi connectivity index (χ4n) is 1.89. The minimum atomic E-state index is -0.467. The highest BCUT2D eigenvalue weighted by Crippen LogP contribution is 2.14. The van der Waals surface area contributed by atoms with Gasteiger partial charge in [-0.05, 0) is 36.2 Å². The SMILES string of the molecule is Oc1cccc(CC(O)CCOc2ccccc2)c1. The van der Waals surface area contributed by atoms with Gasteiger partial charge >= 0.3 is 0 Å². The average Bonchev–Trinajstić information content (AvgIpc) is 2.40. The molecule has 2 aromatic carbocycles. The minimum Gasteiger partial charge on any atom is -0.508 e. The highest BCUT2D eigenvalue weighted by atomic mass is 16.5. The molecule has 2 aromatic rings. The van der Waals surface area contributed by atoms with Gasteiger partial charge in [0.1, 0.15) is 11.5 Å². The van der Waals surface area contributed by atoms with E-state index in [1.807, 2.05) is 36.4 Å². The maximum absolute atomic E-state index is 9.91. The van der Waals surface area contributed by atoms with Crippen molar-refractivity contribution in [2.45, 2.75) is 18.9 Å². The highest BCUT2D eigenvalue weighted by Gasteiger charge is 2.06. The zero-order chi connectivity index (χ0) is 13.5. The molecule has 3 heteroatoms. The second kappa shape index (κ2) is 6.81. The summed E-state index contributed by atoms with van der Waals surface area (Å²) in [6.45, 7) is 0.476. The molecule has 0 saturated heterocycles. The van der Waals surface area contributed by atoms with Crippen LogP contribution in [0.15, 0.2) is 54.6 Å². The third kappa shape index (κ3) is 4.64. The predicted octanol–water partition coefficient (Wildman–Crippen LogP) is 2.76. The molecular formula is C16H18O3. The Morgan fingerprint density at radius 2 is 1.79 bits per heavy atom. The molecule has 0 aromatic heterocycles. The van der Waals surface area contributed by atoms with Gasteiger partial charge in [0, 0.05) is 6.42 Å². The van der Waals surface area contributed by atoms with Crippen LogP contribution in [0.1, 0.15) is 12.0 Å². The fraction of sp³-hybridized carbons (Fsp3) is 0.250. The molecule has 0 bridgehead atoms. The van der Waals surface area contributed by atoms with Crippen LogP contribution < -0.4 is 4.74 Å². The molecule has 0 aliphatic carbocycles. The van der Waals surface area contributed by atoms with Crippen molar-refractivity contribution in [1.29, 1.82) is 0 Å². The molecule has 0 saturated carbocycles. The topological polar surface area (TPSA) is 49.7 Å². The number of phenolic OH excluding ortho intramolecular Hbond substituents is 1. The molecule has 0 heterocycles. The summed E-state index contributed by atoms with van der Waals surface area (Å²) in [4.78, 5) is 0.